The number of aromatic nitrogens is 2. The number of carbonyl (C=O) groups is 1. The minimum Gasteiger partial charge on any atom is -0.444 e. The summed E-state index contributed by atoms with van der Waals surface area (Å²) in [5.74, 6) is 1.69. The van der Waals surface area contributed by atoms with Gasteiger partial charge in [0.25, 0.3) is 0 Å². The molecule has 1 N–H and O–H groups in total. The van der Waals surface area contributed by atoms with E-state index in [4.69, 9.17) is 9.72 Å². The summed E-state index contributed by atoms with van der Waals surface area (Å²) in [6.07, 6.45) is 4.21. The lowest BCUT2D eigenvalue weighted by molar-refractivity contribution is 0.0497. The average molecular weight is 387 g/mol. The Labute approximate surface area is 168 Å². The predicted molar refractivity (Wildman–Crippen MR) is 112 cm³/mol. The highest BCUT2D eigenvalue weighted by Gasteiger charge is 2.28. The summed E-state index contributed by atoms with van der Waals surface area (Å²) in [6.45, 7) is 6.53. The SMILES string of the molecule is CN(C)Cc1ccc2nc(C(CCC3CC3)NC(=O)OC(C)(C)C)n(C)c2c1. The normalized spacial score (nSPS) is 15.8. The van der Waals surface area contributed by atoms with Crippen LogP contribution in [-0.4, -0.2) is 40.2 Å². The van der Waals surface area contributed by atoms with Crippen LogP contribution >= 0.6 is 0 Å². The quantitative estimate of drug-likeness (QED) is 0.767. The molecule has 1 fully saturated rings. The van der Waals surface area contributed by atoms with Crippen molar-refractivity contribution in [1.82, 2.24) is 19.8 Å². The number of ether oxygens (including phenoxy) is 1. The van der Waals surface area contributed by atoms with Gasteiger partial charge >= 0.3 is 6.09 Å². The van der Waals surface area contributed by atoms with Crippen molar-refractivity contribution < 1.29 is 9.53 Å². The number of aryl methyl sites for hydroxylation is 1. The van der Waals surface area contributed by atoms with Gasteiger partial charge in [-0.15, -0.1) is 0 Å². The van der Waals surface area contributed by atoms with Crippen LogP contribution in [0.15, 0.2) is 18.2 Å². The van der Waals surface area contributed by atoms with Crippen molar-refractivity contribution >= 4 is 17.1 Å². The minimum absolute atomic E-state index is 0.148. The van der Waals surface area contributed by atoms with Crippen LogP contribution in [0.25, 0.3) is 11.0 Å². The number of fused-ring (bicyclic) bond motifs is 1. The molecule has 0 saturated heterocycles. The summed E-state index contributed by atoms with van der Waals surface area (Å²) in [4.78, 5) is 19.4. The third kappa shape index (κ3) is 5.47. The maximum absolute atomic E-state index is 12.4. The number of carbonyl (C=O) groups excluding carboxylic acids is 1. The first kappa shape index (κ1) is 20.6. The lowest BCUT2D eigenvalue weighted by Crippen LogP contribution is -2.36. The second-order valence-electron chi connectivity index (χ2n) is 9.31. The van der Waals surface area contributed by atoms with E-state index in [9.17, 15) is 4.79 Å². The maximum Gasteiger partial charge on any atom is 0.408 e. The number of hydrogen-bond donors (Lipinski definition) is 1. The summed E-state index contributed by atoms with van der Waals surface area (Å²) in [5, 5.41) is 3.07. The highest BCUT2D eigenvalue weighted by molar-refractivity contribution is 5.77. The van der Waals surface area contributed by atoms with Crippen LogP contribution in [0.2, 0.25) is 0 Å². The van der Waals surface area contributed by atoms with Crippen LogP contribution < -0.4 is 5.32 Å². The maximum atomic E-state index is 12.4. The molecule has 1 aliphatic carbocycles. The molecular weight excluding hydrogens is 352 g/mol. The third-order valence-corrected chi connectivity index (χ3v) is 5.04. The van der Waals surface area contributed by atoms with E-state index in [-0.39, 0.29) is 12.1 Å². The number of benzene rings is 1. The van der Waals surface area contributed by atoms with E-state index in [1.54, 1.807) is 0 Å². The zero-order chi connectivity index (χ0) is 20.5. The van der Waals surface area contributed by atoms with Gasteiger partial charge in [0.1, 0.15) is 11.4 Å². The molecule has 3 rings (SSSR count). The Morgan fingerprint density at radius 3 is 2.68 bits per heavy atom. The number of hydrogen-bond acceptors (Lipinski definition) is 4. The summed E-state index contributed by atoms with van der Waals surface area (Å²) >= 11 is 0. The molecule has 1 amide bonds. The topological polar surface area (TPSA) is 59.4 Å². The van der Waals surface area contributed by atoms with Crippen molar-refractivity contribution in [1.29, 1.82) is 0 Å². The van der Waals surface area contributed by atoms with Crippen LogP contribution in [0.4, 0.5) is 4.79 Å². The summed E-state index contributed by atoms with van der Waals surface area (Å²) in [7, 11) is 6.17. The van der Waals surface area contributed by atoms with Crippen LogP contribution in [0.1, 0.15) is 63.9 Å². The predicted octanol–water partition coefficient (Wildman–Crippen LogP) is 4.39. The fraction of sp³-hybridized carbons (Fsp3) is 0.636. The Hall–Kier alpha value is -2.08. The molecule has 6 nitrogen and oxygen atoms in total. The van der Waals surface area contributed by atoms with E-state index in [1.807, 2.05) is 27.8 Å². The second-order valence-corrected chi connectivity index (χ2v) is 9.31. The molecule has 0 radical (unpaired) electrons. The van der Waals surface area contributed by atoms with Crippen molar-refractivity contribution in [3.63, 3.8) is 0 Å². The van der Waals surface area contributed by atoms with E-state index in [0.717, 1.165) is 42.2 Å². The summed E-state index contributed by atoms with van der Waals surface area (Å²) in [5.41, 5.74) is 2.79. The van der Waals surface area contributed by atoms with Crippen LogP contribution in [-0.2, 0) is 18.3 Å². The van der Waals surface area contributed by atoms with E-state index >= 15 is 0 Å². The lowest BCUT2D eigenvalue weighted by Gasteiger charge is -2.23. The Kier molecular flexibility index (Phi) is 5.98. The van der Waals surface area contributed by atoms with Gasteiger partial charge in [-0.3, -0.25) is 0 Å². The highest BCUT2D eigenvalue weighted by Crippen LogP contribution is 2.36. The van der Waals surface area contributed by atoms with E-state index in [2.05, 4.69) is 47.1 Å². The van der Waals surface area contributed by atoms with Crippen LogP contribution in [0, 0.1) is 5.92 Å². The molecular formula is C22H34N4O2. The van der Waals surface area contributed by atoms with Gasteiger partial charge in [-0.2, -0.15) is 0 Å². The van der Waals surface area contributed by atoms with Crippen molar-refractivity contribution in [2.75, 3.05) is 14.1 Å². The van der Waals surface area contributed by atoms with E-state index < -0.39 is 5.60 Å². The van der Waals surface area contributed by atoms with Crippen molar-refractivity contribution in [2.24, 2.45) is 13.0 Å². The number of rotatable bonds is 7. The van der Waals surface area contributed by atoms with Crippen molar-refractivity contribution in [3.05, 3.63) is 29.6 Å². The Balaban J connectivity index is 1.85. The fourth-order valence-electron chi connectivity index (χ4n) is 3.55. The molecule has 28 heavy (non-hydrogen) atoms. The number of amides is 1. The van der Waals surface area contributed by atoms with Gasteiger partial charge in [0.2, 0.25) is 0 Å². The number of alkyl carbamates (subject to hydrolysis) is 1. The van der Waals surface area contributed by atoms with Gasteiger partial charge in [0.15, 0.2) is 0 Å². The molecule has 1 aromatic heterocycles. The van der Waals surface area contributed by atoms with Gasteiger partial charge in [-0.05, 0) is 71.3 Å². The van der Waals surface area contributed by atoms with Crippen molar-refractivity contribution in [3.8, 4) is 0 Å². The molecule has 0 spiro atoms. The highest BCUT2D eigenvalue weighted by atomic mass is 16.6. The third-order valence-electron chi connectivity index (χ3n) is 5.04. The minimum atomic E-state index is -0.515. The first-order chi connectivity index (χ1) is 13.1. The van der Waals surface area contributed by atoms with Crippen LogP contribution in [0.3, 0.4) is 0 Å². The van der Waals surface area contributed by atoms with Gasteiger partial charge < -0.3 is 19.5 Å². The number of nitrogens with zero attached hydrogens (tertiary/aromatic N) is 3. The standard InChI is InChI=1S/C22H34N4O2/c1-22(2,3)28-21(27)24-18(12-9-15-7-8-15)20-23-17-11-10-16(14-25(4)5)13-19(17)26(20)6/h10-11,13,15,18H,7-9,12,14H2,1-6H3,(H,24,27). The van der Waals surface area contributed by atoms with Crippen LogP contribution in [0.5, 0.6) is 0 Å². The summed E-state index contributed by atoms with van der Waals surface area (Å²) in [6, 6.07) is 6.24. The Morgan fingerprint density at radius 2 is 2.07 bits per heavy atom. The van der Waals surface area contributed by atoms with Gasteiger partial charge in [-0.1, -0.05) is 18.9 Å². The zero-order valence-electron chi connectivity index (χ0n) is 18.1. The van der Waals surface area contributed by atoms with E-state index in [1.165, 1.54) is 18.4 Å². The molecule has 0 aliphatic heterocycles. The second kappa shape index (κ2) is 8.11. The van der Waals surface area contributed by atoms with Gasteiger partial charge in [0, 0.05) is 13.6 Å². The molecule has 154 valence electrons. The summed E-state index contributed by atoms with van der Waals surface area (Å²) < 4.78 is 7.61. The average Bonchev–Trinajstić information content (AvgIpc) is 3.34. The molecule has 1 aliphatic rings. The zero-order valence-corrected chi connectivity index (χ0v) is 18.1. The Morgan fingerprint density at radius 1 is 1.36 bits per heavy atom. The lowest BCUT2D eigenvalue weighted by atomic mass is 10.1. The molecule has 1 atom stereocenters. The molecule has 1 unspecified atom stereocenters. The van der Waals surface area contributed by atoms with E-state index in [0.29, 0.717) is 0 Å². The van der Waals surface area contributed by atoms with Gasteiger partial charge in [-0.25, -0.2) is 9.78 Å². The molecule has 2 aromatic rings. The first-order valence-electron chi connectivity index (χ1n) is 10.2. The molecule has 0 bridgehead atoms. The Bertz CT molecular complexity index is 831. The fourth-order valence-corrected chi connectivity index (χ4v) is 3.55. The number of nitrogens with one attached hydrogen (secondary N) is 1. The molecule has 6 heteroatoms. The monoisotopic (exact) mass is 386 g/mol. The van der Waals surface area contributed by atoms with Gasteiger partial charge in [0.05, 0.1) is 17.1 Å². The molecule has 1 aromatic carbocycles. The molecule has 1 saturated carbocycles. The largest absolute Gasteiger partial charge is 0.444 e. The first-order valence-corrected chi connectivity index (χ1v) is 10.2. The molecule has 1 heterocycles. The van der Waals surface area contributed by atoms with Crippen molar-refractivity contribution in [2.45, 2.75) is 64.6 Å². The smallest absolute Gasteiger partial charge is 0.408 e. The number of imidazole rings is 1.